The van der Waals surface area contributed by atoms with E-state index >= 15 is 0 Å². The van der Waals surface area contributed by atoms with Crippen molar-refractivity contribution in [2.75, 3.05) is 19.8 Å². The zero-order chi connectivity index (χ0) is 18.4. The van der Waals surface area contributed by atoms with Crippen LogP contribution in [0.3, 0.4) is 0 Å². The van der Waals surface area contributed by atoms with Crippen LogP contribution >= 0.6 is 11.3 Å². The Morgan fingerprint density at radius 1 is 1.07 bits per heavy atom. The Balaban J connectivity index is 1.52. The number of para-hydroxylation sites is 1. The molecule has 1 aromatic heterocycles. The zero-order valence-electron chi connectivity index (χ0n) is 14.5. The number of nitrogens with zero attached hydrogens (tertiary/aromatic N) is 2. The van der Waals surface area contributed by atoms with Crippen LogP contribution in [0.5, 0.6) is 11.5 Å². The van der Waals surface area contributed by atoms with Gasteiger partial charge in [-0.25, -0.2) is 13.4 Å². The topological polar surface area (TPSA) is 68.7 Å². The Morgan fingerprint density at radius 2 is 1.89 bits per heavy atom. The van der Waals surface area contributed by atoms with Crippen molar-refractivity contribution in [3.05, 3.63) is 47.5 Å². The molecular weight excluding hydrogens is 384 g/mol. The van der Waals surface area contributed by atoms with E-state index < -0.39 is 10.0 Å². The molecule has 6 nitrogen and oxygen atoms in total. The molecule has 8 heteroatoms. The minimum atomic E-state index is -3.64. The highest BCUT2D eigenvalue weighted by molar-refractivity contribution is 7.89. The van der Waals surface area contributed by atoms with Gasteiger partial charge in [0, 0.05) is 12.6 Å². The van der Waals surface area contributed by atoms with E-state index in [0.717, 1.165) is 28.1 Å². The van der Waals surface area contributed by atoms with Crippen LogP contribution in [0.15, 0.2) is 47.4 Å². The van der Waals surface area contributed by atoms with Crippen molar-refractivity contribution in [2.45, 2.75) is 23.8 Å². The van der Waals surface area contributed by atoms with Crippen molar-refractivity contribution in [2.24, 2.45) is 0 Å². The largest absolute Gasteiger partial charge is 0.486 e. The van der Waals surface area contributed by atoms with Gasteiger partial charge in [0.05, 0.1) is 21.2 Å². The third-order valence-corrected chi connectivity index (χ3v) is 7.96. The average Bonchev–Trinajstić information content (AvgIpc) is 3.34. The number of sulfonamides is 1. The van der Waals surface area contributed by atoms with E-state index in [0.29, 0.717) is 31.3 Å². The Labute approximate surface area is 161 Å². The first-order valence-corrected chi connectivity index (χ1v) is 11.2. The molecule has 1 fully saturated rings. The second kappa shape index (κ2) is 6.47. The summed E-state index contributed by atoms with van der Waals surface area (Å²) in [6.45, 7) is 1.40. The number of aromatic nitrogens is 1. The molecule has 1 atom stereocenters. The first-order valence-electron chi connectivity index (χ1n) is 8.90. The zero-order valence-corrected chi connectivity index (χ0v) is 16.1. The maximum Gasteiger partial charge on any atom is 0.243 e. The van der Waals surface area contributed by atoms with E-state index in [9.17, 15) is 8.42 Å². The van der Waals surface area contributed by atoms with Gasteiger partial charge in [0.2, 0.25) is 10.0 Å². The molecule has 0 radical (unpaired) electrons. The van der Waals surface area contributed by atoms with Crippen LogP contribution in [-0.4, -0.2) is 37.5 Å². The van der Waals surface area contributed by atoms with E-state index in [1.165, 1.54) is 0 Å². The molecule has 0 N–H and O–H groups in total. The van der Waals surface area contributed by atoms with Crippen molar-refractivity contribution < 1.29 is 17.9 Å². The van der Waals surface area contributed by atoms with Crippen LogP contribution in [0.1, 0.15) is 23.9 Å². The Bertz CT molecular complexity index is 1080. The summed E-state index contributed by atoms with van der Waals surface area (Å²) in [4.78, 5) is 4.93. The lowest BCUT2D eigenvalue weighted by atomic mass is 10.2. The highest BCUT2D eigenvalue weighted by atomic mass is 32.2. The predicted molar refractivity (Wildman–Crippen MR) is 103 cm³/mol. The van der Waals surface area contributed by atoms with Gasteiger partial charge >= 0.3 is 0 Å². The fourth-order valence-electron chi connectivity index (χ4n) is 3.63. The molecular formula is C19H18N2O4S2. The van der Waals surface area contributed by atoms with Gasteiger partial charge in [-0.1, -0.05) is 12.1 Å². The quantitative estimate of drug-likeness (QED) is 0.670. The van der Waals surface area contributed by atoms with Gasteiger partial charge in [0.1, 0.15) is 18.2 Å². The second-order valence-corrected chi connectivity index (χ2v) is 9.55. The highest BCUT2D eigenvalue weighted by Crippen LogP contribution is 2.41. The molecule has 0 saturated carbocycles. The molecule has 0 bridgehead atoms. The van der Waals surface area contributed by atoms with Crippen LogP contribution in [-0.2, 0) is 10.0 Å². The summed E-state index contributed by atoms with van der Waals surface area (Å²) < 4.78 is 40.4. The first-order chi connectivity index (χ1) is 13.1. The summed E-state index contributed by atoms with van der Waals surface area (Å²) >= 11 is 1.57. The van der Waals surface area contributed by atoms with Gasteiger partial charge < -0.3 is 9.47 Å². The molecule has 5 rings (SSSR count). The smallest absolute Gasteiger partial charge is 0.243 e. The maximum atomic E-state index is 13.3. The van der Waals surface area contributed by atoms with Crippen molar-refractivity contribution in [3.8, 4) is 11.5 Å². The molecule has 3 aromatic rings. The third-order valence-electron chi connectivity index (χ3n) is 4.92. The summed E-state index contributed by atoms with van der Waals surface area (Å²) in [7, 11) is -3.64. The lowest BCUT2D eigenvalue weighted by molar-refractivity contribution is 0.171. The molecule has 0 spiro atoms. The third kappa shape index (κ3) is 2.88. The number of hydrogen-bond donors (Lipinski definition) is 0. The molecule has 2 aliphatic rings. The molecule has 1 saturated heterocycles. The second-order valence-electron chi connectivity index (χ2n) is 6.60. The summed E-state index contributed by atoms with van der Waals surface area (Å²) in [5.74, 6) is 1.07. The molecule has 2 aromatic carbocycles. The van der Waals surface area contributed by atoms with Gasteiger partial charge in [-0.2, -0.15) is 4.31 Å². The molecule has 27 heavy (non-hydrogen) atoms. The highest BCUT2D eigenvalue weighted by Gasteiger charge is 2.38. The number of fused-ring (bicyclic) bond motifs is 2. The van der Waals surface area contributed by atoms with Gasteiger partial charge in [-0.15, -0.1) is 11.3 Å². The van der Waals surface area contributed by atoms with Crippen molar-refractivity contribution in [1.29, 1.82) is 0 Å². The standard InChI is InChI=1S/C19H18N2O4S2/c22-27(23,13-7-8-16-17(12-13)25-11-10-24-16)21-9-3-5-15(21)19-20-14-4-1-2-6-18(14)26-19/h1-2,4,6-8,12,15H,3,5,9-11H2/t15-/m0/s1. The van der Waals surface area contributed by atoms with E-state index in [4.69, 9.17) is 14.5 Å². The fourth-order valence-corrected chi connectivity index (χ4v) is 6.49. The molecule has 3 heterocycles. The summed E-state index contributed by atoms with van der Waals surface area (Å²) in [6, 6.07) is 12.5. The van der Waals surface area contributed by atoms with Crippen LogP contribution < -0.4 is 9.47 Å². The monoisotopic (exact) mass is 402 g/mol. The lowest BCUT2D eigenvalue weighted by Crippen LogP contribution is -2.30. The van der Waals surface area contributed by atoms with E-state index in [1.54, 1.807) is 33.8 Å². The number of rotatable bonds is 3. The Morgan fingerprint density at radius 3 is 2.74 bits per heavy atom. The minimum Gasteiger partial charge on any atom is -0.486 e. The average molecular weight is 402 g/mol. The summed E-state index contributed by atoms with van der Waals surface area (Å²) in [6.07, 6.45) is 1.61. The molecule has 140 valence electrons. The number of benzene rings is 2. The van der Waals surface area contributed by atoms with Gasteiger partial charge in [0.25, 0.3) is 0 Å². The first kappa shape index (κ1) is 17.0. The number of ether oxygens (including phenoxy) is 2. The van der Waals surface area contributed by atoms with E-state index in [2.05, 4.69) is 0 Å². The van der Waals surface area contributed by atoms with Crippen LogP contribution in [0.4, 0.5) is 0 Å². The van der Waals surface area contributed by atoms with Crippen molar-refractivity contribution >= 4 is 31.6 Å². The Kier molecular flexibility index (Phi) is 4.07. The van der Waals surface area contributed by atoms with Crippen LogP contribution in [0.2, 0.25) is 0 Å². The molecule has 2 aliphatic heterocycles. The Hall–Kier alpha value is -2.16. The van der Waals surface area contributed by atoms with E-state index in [1.807, 2.05) is 24.3 Å². The van der Waals surface area contributed by atoms with Crippen molar-refractivity contribution in [1.82, 2.24) is 9.29 Å². The fraction of sp³-hybridized carbons (Fsp3) is 0.316. The van der Waals surface area contributed by atoms with Crippen molar-refractivity contribution in [3.63, 3.8) is 0 Å². The van der Waals surface area contributed by atoms with Gasteiger partial charge in [-0.3, -0.25) is 0 Å². The van der Waals surface area contributed by atoms with Crippen LogP contribution in [0, 0.1) is 0 Å². The van der Waals surface area contributed by atoms with Gasteiger partial charge in [-0.05, 0) is 37.1 Å². The predicted octanol–water partition coefficient (Wildman–Crippen LogP) is 3.59. The van der Waals surface area contributed by atoms with Crippen LogP contribution in [0.25, 0.3) is 10.2 Å². The molecule has 0 amide bonds. The minimum absolute atomic E-state index is 0.222. The SMILES string of the molecule is O=S(=O)(c1ccc2c(c1)OCCO2)N1CCC[C@H]1c1nc2ccccc2s1. The maximum absolute atomic E-state index is 13.3. The summed E-state index contributed by atoms with van der Waals surface area (Å²) in [5, 5.41) is 0.856. The summed E-state index contributed by atoms with van der Waals surface area (Å²) in [5.41, 5.74) is 0.918. The van der Waals surface area contributed by atoms with Gasteiger partial charge in [0.15, 0.2) is 11.5 Å². The number of thiazole rings is 1. The molecule has 0 unspecified atom stereocenters. The molecule has 0 aliphatic carbocycles. The number of hydrogen-bond acceptors (Lipinski definition) is 6. The normalized spacial score (nSPS) is 20.2. The lowest BCUT2D eigenvalue weighted by Gasteiger charge is -2.24. The van der Waals surface area contributed by atoms with E-state index in [-0.39, 0.29) is 10.9 Å².